The molecule has 0 saturated carbocycles. The van der Waals surface area contributed by atoms with E-state index in [0.29, 0.717) is 40.9 Å². The number of hydrogen-bond acceptors (Lipinski definition) is 18. The van der Waals surface area contributed by atoms with Crippen LogP contribution in [0.1, 0.15) is 63.5 Å². The van der Waals surface area contributed by atoms with Gasteiger partial charge < -0.3 is 42.0 Å². The van der Waals surface area contributed by atoms with Crippen molar-refractivity contribution in [2.45, 2.75) is 62.7 Å². The highest BCUT2D eigenvalue weighted by Crippen LogP contribution is 2.51. The Morgan fingerprint density at radius 1 is 0.846 bits per heavy atom. The predicted molar refractivity (Wildman–Crippen MR) is 229 cm³/mol. The molecule has 0 N–H and O–H groups in total. The first-order chi connectivity index (χ1) is 30.7. The van der Waals surface area contributed by atoms with E-state index in [0.717, 1.165) is 16.5 Å². The van der Waals surface area contributed by atoms with Crippen LogP contribution in [-0.2, 0) is 69.2 Å². The summed E-state index contributed by atoms with van der Waals surface area (Å²) in [5, 5.41) is 1.23. The van der Waals surface area contributed by atoms with Gasteiger partial charge in [-0.3, -0.25) is 9.59 Å². The fourth-order valence-corrected chi connectivity index (χ4v) is 9.03. The number of carbonyl (C=O) groups is 3. The van der Waals surface area contributed by atoms with Crippen molar-refractivity contribution in [3.05, 3.63) is 83.1 Å². The SMILES string of the molecule is CC[N+](CCCS(=O)(=O)[O-])=c1ccc2c(/C=C/C=C3/N(CCOCCOCCOCCC(=O)ON4C(=O)CCC4=O)c4ccc(S(=O)(=O)[O-])cc4C3(C)CCCS(=O)(=O)[O-])ccoc-2c1. The van der Waals surface area contributed by atoms with Crippen LogP contribution in [0.15, 0.2) is 75.9 Å². The summed E-state index contributed by atoms with van der Waals surface area (Å²) in [6.45, 7) is 5.58. The first-order valence-corrected chi connectivity index (χ1v) is 25.3. The van der Waals surface area contributed by atoms with Crippen molar-refractivity contribution < 1.29 is 76.8 Å². The van der Waals surface area contributed by atoms with Gasteiger partial charge >= 0.3 is 5.97 Å². The number of nitrogens with zero attached hydrogens (tertiary/aromatic N) is 3. The molecule has 1 aromatic carbocycles. The van der Waals surface area contributed by atoms with E-state index in [1.54, 1.807) is 25.1 Å². The molecule has 0 spiro atoms. The maximum absolute atomic E-state index is 12.2. The van der Waals surface area contributed by atoms with Gasteiger partial charge in [-0.25, -0.2) is 34.6 Å². The van der Waals surface area contributed by atoms with E-state index in [9.17, 15) is 53.3 Å². The summed E-state index contributed by atoms with van der Waals surface area (Å²) in [6.07, 6.45) is 6.88. The van der Waals surface area contributed by atoms with Crippen molar-refractivity contribution in [3.63, 3.8) is 0 Å². The molecular formula is C42H51N3O17S3-2. The number of anilines is 1. The van der Waals surface area contributed by atoms with Crippen LogP contribution < -0.4 is 14.8 Å². The molecule has 5 rings (SSSR count). The normalized spacial score (nSPS) is 18.1. The number of hydrogen-bond donors (Lipinski definition) is 0. The van der Waals surface area contributed by atoms with Crippen molar-refractivity contribution in [2.24, 2.45) is 0 Å². The van der Waals surface area contributed by atoms with Gasteiger partial charge in [0.05, 0.1) is 83.5 Å². The lowest BCUT2D eigenvalue weighted by Gasteiger charge is -2.30. The molecule has 0 aromatic heterocycles. The van der Waals surface area contributed by atoms with Crippen LogP contribution in [0.25, 0.3) is 17.4 Å². The van der Waals surface area contributed by atoms with Crippen molar-refractivity contribution in [1.82, 2.24) is 9.64 Å². The van der Waals surface area contributed by atoms with Crippen LogP contribution in [0.3, 0.4) is 0 Å². The average Bonchev–Trinajstić information content (AvgIpc) is 3.67. The number of imide groups is 1. The highest BCUT2D eigenvalue weighted by atomic mass is 32.2. The highest BCUT2D eigenvalue weighted by Gasteiger charge is 2.43. The topological polar surface area (TPSA) is 282 Å². The molecule has 1 fully saturated rings. The summed E-state index contributed by atoms with van der Waals surface area (Å²) in [5.41, 5.74) is 2.01. The molecule has 356 valence electrons. The lowest BCUT2D eigenvalue weighted by atomic mass is 9.77. The second-order valence-corrected chi connectivity index (χ2v) is 19.7. The fraction of sp³-hybridized carbons (Fsp3) is 0.476. The van der Waals surface area contributed by atoms with Gasteiger partial charge in [0, 0.05) is 65.7 Å². The van der Waals surface area contributed by atoms with Crippen LogP contribution in [0.4, 0.5) is 5.69 Å². The lowest BCUT2D eigenvalue weighted by Crippen LogP contribution is -2.32. The third-order valence-electron chi connectivity index (χ3n) is 10.7. The maximum Gasteiger partial charge on any atom is 0.335 e. The Labute approximate surface area is 377 Å². The number of rotatable bonds is 25. The van der Waals surface area contributed by atoms with E-state index < -0.39 is 70.0 Å². The van der Waals surface area contributed by atoms with Gasteiger partial charge in [0.1, 0.15) is 29.0 Å². The third kappa shape index (κ3) is 14.6. The minimum Gasteiger partial charge on any atom is -0.748 e. The molecule has 1 atom stereocenters. The second-order valence-electron chi connectivity index (χ2n) is 15.3. The van der Waals surface area contributed by atoms with E-state index in [2.05, 4.69) is 0 Å². The smallest absolute Gasteiger partial charge is 0.335 e. The minimum atomic E-state index is -4.89. The first-order valence-electron chi connectivity index (χ1n) is 20.7. The predicted octanol–water partition coefficient (Wildman–Crippen LogP) is 2.06. The van der Waals surface area contributed by atoms with E-state index in [4.69, 9.17) is 23.5 Å². The molecule has 3 heterocycles. The molecule has 3 aliphatic heterocycles. The number of hydroxylamine groups is 2. The molecule has 23 heteroatoms. The largest absolute Gasteiger partial charge is 0.748 e. The Bertz CT molecular complexity index is 2630. The zero-order valence-electron chi connectivity index (χ0n) is 35.9. The van der Waals surface area contributed by atoms with Crippen molar-refractivity contribution in [1.29, 1.82) is 0 Å². The van der Waals surface area contributed by atoms with E-state index in [-0.39, 0.29) is 84.7 Å². The van der Waals surface area contributed by atoms with Gasteiger partial charge in [0.2, 0.25) is 5.36 Å². The van der Waals surface area contributed by atoms with Crippen LogP contribution in [-0.4, -0.2) is 133 Å². The molecule has 1 aliphatic carbocycles. The molecule has 2 amide bonds. The van der Waals surface area contributed by atoms with Crippen LogP contribution >= 0.6 is 0 Å². The monoisotopic (exact) mass is 965 g/mol. The van der Waals surface area contributed by atoms with Crippen LogP contribution in [0.5, 0.6) is 0 Å². The Balaban J connectivity index is 1.29. The number of fused-ring (bicyclic) bond motifs is 2. The fourth-order valence-electron chi connectivity index (χ4n) is 7.56. The average molecular weight is 966 g/mol. The molecule has 1 unspecified atom stereocenters. The summed E-state index contributed by atoms with van der Waals surface area (Å²) in [5.74, 6) is -2.55. The van der Waals surface area contributed by atoms with Gasteiger partial charge in [-0.1, -0.05) is 12.2 Å². The van der Waals surface area contributed by atoms with E-state index in [1.165, 1.54) is 24.5 Å². The van der Waals surface area contributed by atoms with Crippen molar-refractivity contribution >= 4 is 59.9 Å². The number of allylic oxidation sites excluding steroid dienone is 3. The molecule has 4 aliphatic rings. The zero-order chi connectivity index (χ0) is 47.4. The molecule has 1 aromatic rings. The van der Waals surface area contributed by atoms with E-state index >= 15 is 0 Å². The summed E-state index contributed by atoms with van der Waals surface area (Å²) in [6, 6.07) is 11.2. The first kappa shape index (κ1) is 51.1. The zero-order valence-corrected chi connectivity index (χ0v) is 38.3. The number of carbonyl (C=O) groups excluding carboxylic acids is 3. The molecule has 0 bridgehead atoms. The Hall–Kier alpha value is -4.85. The van der Waals surface area contributed by atoms with Gasteiger partial charge in [-0.05, 0) is 74.2 Å². The molecule has 65 heavy (non-hydrogen) atoms. The van der Waals surface area contributed by atoms with E-state index in [1.807, 2.05) is 40.7 Å². The van der Waals surface area contributed by atoms with Gasteiger partial charge in [0.15, 0.2) is 0 Å². The van der Waals surface area contributed by atoms with Crippen molar-refractivity contribution in [2.75, 3.05) is 75.7 Å². The standard InChI is InChI=1S/C42H53N3O17S3/c1-3-43(18-6-28-64(52,53)54)32-9-11-34-31(15-21-61-37(34)29-32)7-4-8-38-42(2,17-5-27-63(49,50)51)35-30-33(65(55,56)57)10-12-36(35)44(38)19-22-59-24-26-60-25-23-58-20-16-41(48)62-45-39(46)13-14-40(45)47/h4,7-12,15,21,29-30H,3,5-6,13-14,16-20,22-28H2,1-2H3,(H2-,49,50,51,52,53,54,55,56,57)/p-2. The summed E-state index contributed by atoms with van der Waals surface area (Å²) < 4.78 is 129. The molecular weight excluding hydrogens is 915 g/mol. The number of benzene rings is 2. The minimum absolute atomic E-state index is 0.00783. The maximum atomic E-state index is 12.2. The molecule has 0 radical (unpaired) electrons. The van der Waals surface area contributed by atoms with Gasteiger partial charge in [0.25, 0.3) is 11.8 Å². The summed E-state index contributed by atoms with van der Waals surface area (Å²) in [7, 11) is -13.8. The number of ether oxygens (including phenoxy) is 3. The molecule has 20 nitrogen and oxygen atoms in total. The Kier molecular flexibility index (Phi) is 17.8. The lowest BCUT2D eigenvalue weighted by molar-refractivity contribution is -0.198. The van der Waals surface area contributed by atoms with Crippen LogP contribution in [0.2, 0.25) is 0 Å². The summed E-state index contributed by atoms with van der Waals surface area (Å²) >= 11 is 0. The second kappa shape index (κ2) is 22.6. The summed E-state index contributed by atoms with van der Waals surface area (Å²) in [4.78, 5) is 41.3. The van der Waals surface area contributed by atoms with Crippen LogP contribution in [0, 0.1) is 0 Å². The van der Waals surface area contributed by atoms with Gasteiger partial charge in [-0.15, -0.1) is 5.06 Å². The van der Waals surface area contributed by atoms with Crippen molar-refractivity contribution in [3.8, 4) is 11.3 Å². The quantitative estimate of drug-likeness (QED) is 0.0508. The molecule has 1 saturated heterocycles. The van der Waals surface area contributed by atoms with Gasteiger partial charge in [-0.2, -0.15) is 0 Å². The third-order valence-corrected chi connectivity index (χ3v) is 13.1. The highest BCUT2D eigenvalue weighted by molar-refractivity contribution is 7.86. The Morgan fingerprint density at radius 3 is 2.14 bits per heavy atom. The number of amides is 2. The Morgan fingerprint density at radius 2 is 1.49 bits per heavy atom.